The van der Waals surface area contributed by atoms with E-state index in [4.69, 9.17) is 31.4 Å². The number of carbonyl (C=O) groups is 3. The van der Waals surface area contributed by atoms with Crippen LogP contribution in [0.1, 0.15) is 31.8 Å². The van der Waals surface area contributed by atoms with Crippen molar-refractivity contribution in [3.63, 3.8) is 0 Å². The monoisotopic (exact) mass is 658 g/mol. The number of carbonyl (C=O) groups excluding carboxylic acids is 3. The molecule has 5 aromatic rings. The van der Waals surface area contributed by atoms with Crippen LogP contribution in [0.3, 0.4) is 0 Å². The number of imide groups is 1. The van der Waals surface area contributed by atoms with Crippen LogP contribution in [0.2, 0.25) is 5.02 Å². The molecule has 10 nitrogen and oxygen atoms in total. The second-order valence-electron chi connectivity index (χ2n) is 10.8. The molecular formula is C35H23ClN6O4S. The van der Waals surface area contributed by atoms with Crippen molar-refractivity contribution >= 4 is 58.0 Å². The molecule has 3 amide bonds. The van der Waals surface area contributed by atoms with Gasteiger partial charge >= 0.3 is 0 Å². The van der Waals surface area contributed by atoms with E-state index in [0.29, 0.717) is 37.7 Å². The molecule has 0 saturated heterocycles. The summed E-state index contributed by atoms with van der Waals surface area (Å²) in [7, 11) is 0. The molecule has 1 aromatic heterocycles. The number of anilines is 2. The molecule has 0 radical (unpaired) electrons. The first-order valence-electron chi connectivity index (χ1n) is 14.7. The lowest BCUT2D eigenvalue weighted by molar-refractivity contribution is -0.120. The van der Waals surface area contributed by atoms with Gasteiger partial charge in [0.2, 0.25) is 5.95 Å². The summed E-state index contributed by atoms with van der Waals surface area (Å²) in [5, 5.41) is 4.98. The second kappa shape index (κ2) is 11.5. The van der Waals surface area contributed by atoms with Gasteiger partial charge in [0.15, 0.2) is 16.5 Å². The minimum absolute atomic E-state index is 0.0303. The maximum absolute atomic E-state index is 14.6. The summed E-state index contributed by atoms with van der Waals surface area (Å²) in [5.74, 6) is -0.651. The summed E-state index contributed by atoms with van der Waals surface area (Å²) >= 11 is 7.53. The number of rotatable bonds is 8. The normalized spacial score (nSPS) is 15.9. The zero-order chi connectivity index (χ0) is 32.1. The fraction of sp³-hybridized carbons (Fsp3) is 0.0857. The number of aromatic nitrogens is 2. The van der Waals surface area contributed by atoms with E-state index in [1.165, 1.54) is 11.8 Å². The van der Waals surface area contributed by atoms with Gasteiger partial charge in [0.05, 0.1) is 28.3 Å². The average Bonchev–Trinajstić information content (AvgIpc) is 3.70. The minimum atomic E-state index is -1.29. The maximum atomic E-state index is 14.6. The molecule has 4 aromatic carbocycles. The van der Waals surface area contributed by atoms with Gasteiger partial charge in [0.1, 0.15) is 0 Å². The molecule has 0 unspecified atom stereocenters. The lowest BCUT2D eigenvalue weighted by Crippen LogP contribution is -2.41. The molecule has 230 valence electrons. The van der Waals surface area contributed by atoms with Crippen molar-refractivity contribution in [2.45, 2.75) is 10.4 Å². The van der Waals surface area contributed by atoms with Crippen LogP contribution in [0, 0.1) is 0 Å². The highest BCUT2D eigenvalue weighted by Gasteiger charge is 2.55. The van der Waals surface area contributed by atoms with Gasteiger partial charge in [0.25, 0.3) is 17.7 Å². The van der Waals surface area contributed by atoms with Crippen LogP contribution in [0.5, 0.6) is 0 Å². The van der Waals surface area contributed by atoms with Crippen LogP contribution in [0.25, 0.3) is 11.3 Å². The van der Waals surface area contributed by atoms with E-state index in [1.807, 2.05) is 72.8 Å². The number of nitrogens with one attached hydrogen (secondary N) is 1. The number of hydrogen-bond donors (Lipinski definition) is 1. The molecule has 47 heavy (non-hydrogen) atoms. The quantitative estimate of drug-likeness (QED) is 0.155. The number of thioether (sulfide) groups is 1. The van der Waals surface area contributed by atoms with E-state index in [2.05, 4.69) is 5.32 Å². The predicted octanol–water partition coefficient (Wildman–Crippen LogP) is 6.19. The molecule has 8 rings (SSSR count). The van der Waals surface area contributed by atoms with Crippen molar-refractivity contribution in [3.8, 4) is 11.3 Å². The van der Waals surface area contributed by atoms with Crippen LogP contribution in [-0.4, -0.2) is 51.1 Å². The van der Waals surface area contributed by atoms with Gasteiger partial charge in [-0.15, -0.1) is 5.06 Å². The van der Waals surface area contributed by atoms with Gasteiger partial charge < -0.3 is 5.32 Å². The molecule has 4 heterocycles. The molecular weight excluding hydrogens is 636 g/mol. The molecule has 0 atom stereocenters. The van der Waals surface area contributed by atoms with E-state index >= 15 is 0 Å². The van der Waals surface area contributed by atoms with E-state index < -0.39 is 17.4 Å². The van der Waals surface area contributed by atoms with Crippen molar-refractivity contribution in [1.82, 2.24) is 15.0 Å². The molecule has 12 heteroatoms. The van der Waals surface area contributed by atoms with Crippen molar-refractivity contribution < 1.29 is 19.2 Å². The second-order valence-corrected chi connectivity index (χ2v) is 12.3. The number of amidine groups is 1. The van der Waals surface area contributed by atoms with Gasteiger partial charge in [-0.3, -0.25) is 19.2 Å². The molecule has 0 spiro atoms. The van der Waals surface area contributed by atoms with Crippen LogP contribution in [0.15, 0.2) is 119 Å². The largest absolute Gasteiger partial charge is 0.352 e. The number of fused-ring (bicyclic) bond motifs is 4. The van der Waals surface area contributed by atoms with Crippen molar-refractivity contribution in [2.75, 3.05) is 23.4 Å². The summed E-state index contributed by atoms with van der Waals surface area (Å²) < 4.78 is 0. The first-order chi connectivity index (χ1) is 23.0. The number of aliphatic imine (C=N–C) groups is 1. The number of benzene rings is 4. The summed E-state index contributed by atoms with van der Waals surface area (Å²) in [5.41, 5.74) is 2.17. The Bertz CT molecular complexity index is 2040. The summed E-state index contributed by atoms with van der Waals surface area (Å²) in [6.07, 6.45) is 0. The Balaban J connectivity index is 1.12. The maximum Gasteiger partial charge on any atom is 0.285 e. The van der Waals surface area contributed by atoms with E-state index in [0.717, 1.165) is 21.8 Å². The Hall–Kier alpha value is -5.36. The molecule has 1 N–H and O–H groups in total. The Morgan fingerprint density at radius 1 is 0.766 bits per heavy atom. The minimum Gasteiger partial charge on any atom is -0.352 e. The lowest BCUT2D eigenvalue weighted by Gasteiger charge is -2.27. The summed E-state index contributed by atoms with van der Waals surface area (Å²) in [4.78, 5) is 62.5. The first-order valence-corrected chi connectivity index (χ1v) is 15.9. The zero-order valence-electron chi connectivity index (χ0n) is 24.5. The molecule has 0 saturated carbocycles. The third-order valence-electron chi connectivity index (χ3n) is 8.08. The molecule has 0 fully saturated rings. The third kappa shape index (κ3) is 4.70. The molecule has 0 bridgehead atoms. The highest BCUT2D eigenvalue weighted by atomic mass is 35.5. The predicted molar refractivity (Wildman–Crippen MR) is 178 cm³/mol. The fourth-order valence-corrected chi connectivity index (χ4v) is 7.13. The Kier molecular flexibility index (Phi) is 7.09. The third-order valence-corrected chi connectivity index (χ3v) is 9.37. The van der Waals surface area contributed by atoms with Gasteiger partial charge in [-0.25, -0.2) is 14.9 Å². The number of nitrogens with zero attached hydrogens (tertiary/aromatic N) is 5. The number of halogens is 1. The Labute approximate surface area is 278 Å². The standard InChI is InChI=1S/C35H23ClN6O4S/c36-24-17-15-21(16-18-24)27-28-29(39-33(38-27)37-19-20-46-42-30(43)25-13-7-8-14-26(25)31(42)44)41-32(45)35(40-34(41)47-28,22-9-3-1-4-10-22)23-11-5-2-6-12-23/h1-18H,19-20H2,(H,37,38,39). The zero-order valence-corrected chi connectivity index (χ0v) is 26.0. The van der Waals surface area contributed by atoms with E-state index in [9.17, 15) is 14.4 Å². The molecule has 0 aliphatic carbocycles. The van der Waals surface area contributed by atoms with Gasteiger partial charge in [0, 0.05) is 17.1 Å². The Morgan fingerprint density at radius 3 is 1.98 bits per heavy atom. The van der Waals surface area contributed by atoms with Gasteiger partial charge in [-0.05, 0) is 47.2 Å². The van der Waals surface area contributed by atoms with Crippen LogP contribution >= 0.6 is 23.4 Å². The van der Waals surface area contributed by atoms with Crippen molar-refractivity contribution in [1.29, 1.82) is 0 Å². The first kappa shape index (κ1) is 29.1. The summed E-state index contributed by atoms with van der Waals surface area (Å²) in [6.45, 7) is 0.129. The summed E-state index contributed by atoms with van der Waals surface area (Å²) in [6, 6.07) is 32.8. The van der Waals surface area contributed by atoms with Crippen LogP contribution in [0.4, 0.5) is 11.8 Å². The number of hydrogen-bond acceptors (Lipinski definition) is 9. The SMILES string of the molecule is O=C1c2ccccc2C(=O)N1OCCNc1nc(-c2ccc(Cl)cc2)c2c(n1)N1C(=O)C(c3ccccc3)(c3ccccc3)N=C1S2. The highest BCUT2D eigenvalue weighted by Crippen LogP contribution is 2.52. The van der Waals surface area contributed by atoms with Crippen LogP contribution < -0.4 is 10.2 Å². The van der Waals surface area contributed by atoms with E-state index in [-0.39, 0.29) is 25.0 Å². The molecule has 3 aliphatic heterocycles. The fourth-order valence-electron chi connectivity index (χ4n) is 5.89. The molecule has 3 aliphatic rings. The van der Waals surface area contributed by atoms with Gasteiger partial charge in [-0.1, -0.05) is 96.5 Å². The Morgan fingerprint density at radius 2 is 1.36 bits per heavy atom. The van der Waals surface area contributed by atoms with E-state index in [1.54, 1.807) is 41.3 Å². The van der Waals surface area contributed by atoms with Crippen molar-refractivity contribution in [2.24, 2.45) is 4.99 Å². The van der Waals surface area contributed by atoms with Crippen molar-refractivity contribution in [3.05, 3.63) is 136 Å². The van der Waals surface area contributed by atoms with Gasteiger partial charge in [-0.2, -0.15) is 4.98 Å². The van der Waals surface area contributed by atoms with Crippen LogP contribution in [-0.2, 0) is 15.2 Å². The number of hydroxylamine groups is 2. The topological polar surface area (TPSA) is 117 Å². The smallest absolute Gasteiger partial charge is 0.285 e. The highest BCUT2D eigenvalue weighted by molar-refractivity contribution is 8.15. The number of amides is 3. The lowest BCUT2D eigenvalue weighted by atomic mass is 9.83. The average molecular weight is 659 g/mol.